The molecule has 2 aromatic rings. The normalized spacial score (nSPS) is 10.5. The van der Waals surface area contributed by atoms with E-state index in [0.29, 0.717) is 21.9 Å². The molecule has 0 aliphatic rings. The lowest BCUT2D eigenvalue weighted by Crippen LogP contribution is -2.02. The molecule has 0 amide bonds. The van der Waals surface area contributed by atoms with Gasteiger partial charge in [0.15, 0.2) is 0 Å². The second kappa shape index (κ2) is 8.89. The van der Waals surface area contributed by atoms with E-state index in [0.717, 1.165) is 5.56 Å². The van der Waals surface area contributed by atoms with Gasteiger partial charge < -0.3 is 14.2 Å². The molecule has 0 bridgehead atoms. The third-order valence-electron chi connectivity index (χ3n) is 3.36. The van der Waals surface area contributed by atoms with Crippen molar-refractivity contribution >= 4 is 29.6 Å². The summed E-state index contributed by atoms with van der Waals surface area (Å²) in [5, 5.41) is 0.535. The summed E-state index contributed by atoms with van der Waals surface area (Å²) >= 11 is 5.93. The van der Waals surface area contributed by atoms with Crippen LogP contribution in [0.5, 0.6) is 5.75 Å². The first-order valence-electron chi connectivity index (χ1n) is 7.39. The van der Waals surface area contributed by atoms with Gasteiger partial charge in [0.25, 0.3) is 0 Å². The Morgan fingerprint density at radius 2 is 1.80 bits per heavy atom. The molecule has 25 heavy (non-hydrogen) atoms. The summed E-state index contributed by atoms with van der Waals surface area (Å²) in [5.74, 6) is -0.316. The molecule has 2 aromatic carbocycles. The van der Waals surface area contributed by atoms with Crippen molar-refractivity contribution in [1.29, 1.82) is 0 Å². The third-order valence-corrected chi connectivity index (χ3v) is 3.59. The van der Waals surface area contributed by atoms with Crippen LogP contribution in [-0.2, 0) is 20.9 Å². The van der Waals surface area contributed by atoms with E-state index in [-0.39, 0.29) is 6.61 Å². The number of esters is 2. The first-order chi connectivity index (χ1) is 12.0. The van der Waals surface area contributed by atoms with Crippen LogP contribution < -0.4 is 4.74 Å². The van der Waals surface area contributed by atoms with Crippen molar-refractivity contribution in [2.45, 2.75) is 6.61 Å². The van der Waals surface area contributed by atoms with Crippen molar-refractivity contribution in [2.24, 2.45) is 0 Å². The van der Waals surface area contributed by atoms with Gasteiger partial charge in [-0.15, -0.1) is 0 Å². The topological polar surface area (TPSA) is 61.8 Å². The average Bonchev–Trinajstić information content (AvgIpc) is 2.64. The highest BCUT2D eigenvalue weighted by Gasteiger charge is 2.07. The Kier molecular flexibility index (Phi) is 6.60. The van der Waals surface area contributed by atoms with Crippen LogP contribution in [0.25, 0.3) is 6.08 Å². The zero-order chi connectivity index (χ0) is 18.2. The molecule has 0 aliphatic carbocycles. The molecule has 130 valence electrons. The van der Waals surface area contributed by atoms with E-state index in [2.05, 4.69) is 4.74 Å². The number of methoxy groups -OCH3 is 2. The predicted molar refractivity (Wildman–Crippen MR) is 94.6 cm³/mol. The Bertz CT molecular complexity index is 781. The van der Waals surface area contributed by atoms with Crippen LogP contribution in [0.3, 0.4) is 0 Å². The van der Waals surface area contributed by atoms with Gasteiger partial charge >= 0.3 is 11.9 Å². The molecule has 5 nitrogen and oxygen atoms in total. The molecule has 0 aromatic heterocycles. The van der Waals surface area contributed by atoms with Crippen LogP contribution in [0.1, 0.15) is 21.5 Å². The van der Waals surface area contributed by atoms with Crippen molar-refractivity contribution in [3.05, 3.63) is 70.3 Å². The van der Waals surface area contributed by atoms with Crippen LogP contribution in [0.4, 0.5) is 0 Å². The standard InChI is InChI=1S/C19H17ClO5/c1-23-17-9-8-16(20)11-15(17)12-25-18(21)10-5-13-3-6-14(7-4-13)19(22)24-2/h3-11H,12H2,1-2H3/b10-5+. The van der Waals surface area contributed by atoms with Crippen LogP contribution in [0, 0.1) is 0 Å². The fourth-order valence-corrected chi connectivity index (χ4v) is 2.26. The lowest BCUT2D eigenvalue weighted by Gasteiger charge is -2.08. The molecule has 0 saturated carbocycles. The van der Waals surface area contributed by atoms with E-state index in [9.17, 15) is 9.59 Å². The number of benzene rings is 2. The molecule has 0 fully saturated rings. The smallest absolute Gasteiger partial charge is 0.337 e. The SMILES string of the molecule is COC(=O)c1ccc(/C=C/C(=O)OCc2cc(Cl)ccc2OC)cc1. The Labute approximate surface area is 150 Å². The average molecular weight is 361 g/mol. The van der Waals surface area contributed by atoms with Crippen molar-refractivity contribution in [3.8, 4) is 5.75 Å². The van der Waals surface area contributed by atoms with E-state index < -0.39 is 11.9 Å². The lowest BCUT2D eigenvalue weighted by molar-refractivity contribution is -0.138. The minimum absolute atomic E-state index is 0.0498. The number of hydrogen-bond acceptors (Lipinski definition) is 5. The minimum Gasteiger partial charge on any atom is -0.496 e. The summed E-state index contributed by atoms with van der Waals surface area (Å²) in [6.07, 6.45) is 2.91. The predicted octanol–water partition coefficient (Wildman–Crippen LogP) is 3.89. The summed E-state index contributed by atoms with van der Waals surface area (Å²) in [7, 11) is 2.85. The fraction of sp³-hybridized carbons (Fsp3) is 0.158. The van der Waals surface area contributed by atoms with Crippen molar-refractivity contribution < 1.29 is 23.8 Å². The van der Waals surface area contributed by atoms with E-state index >= 15 is 0 Å². The molecule has 0 saturated heterocycles. The maximum Gasteiger partial charge on any atom is 0.337 e. The maximum atomic E-state index is 11.8. The van der Waals surface area contributed by atoms with Gasteiger partial charge in [0.2, 0.25) is 0 Å². The maximum absolute atomic E-state index is 11.8. The molecule has 2 rings (SSSR count). The van der Waals surface area contributed by atoms with Gasteiger partial charge in [-0.3, -0.25) is 0 Å². The number of ether oxygens (including phenoxy) is 3. The van der Waals surface area contributed by atoms with Gasteiger partial charge in [-0.25, -0.2) is 9.59 Å². The second-order valence-corrected chi connectivity index (χ2v) is 5.45. The molecule has 0 N–H and O–H groups in total. The molecule has 0 heterocycles. The van der Waals surface area contributed by atoms with E-state index in [1.807, 2.05) is 0 Å². The first kappa shape index (κ1) is 18.5. The van der Waals surface area contributed by atoms with Crippen LogP contribution in [-0.4, -0.2) is 26.2 Å². The molecule has 6 heteroatoms. The number of rotatable bonds is 6. The third kappa shape index (κ3) is 5.36. The second-order valence-electron chi connectivity index (χ2n) is 5.01. The first-order valence-corrected chi connectivity index (χ1v) is 7.77. The summed E-state index contributed by atoms with van der Waals surface area (Å²) in [5.41, 5.74) is 1.87. The molecule has 0 atom stereocenters. The highest BCUT2D eigenvalue weighted by atomic mass is 35.5. The van der Waals surface area contributed by atoms with Crippen molar-refractivity contribution in [1.82, 2.24) is 0 Å². The van der Waals surface area contributed by atoms with Crippen LogP contribution in [0.15, 0.2) is 48.5 Å². The Morgan fingerprint density at radius 3 is 2.44 bits per heavy atom. The minimum atomic E-state index is -0.501. The summed E-state index contributed by atoms with van der Waals surface area (Å²) in [6.45, 7) is 0.0498. The summed E-state index contributed by atoms with van der Waals surface area (Å²) in [6, 6.07) is 11.7. The highest BCUT2D eigenvalue weighted by molar-refractivity contribution is 6.30. The van der Waals surface area contributed by atoms with Crippen LogP contribution >= 0.6 is 11.6 Å². The molecule has 0 unspecified atom stereocenters. The molecule has 0 aliphatic heterocycles. The molecule has 0 spiro atoms. The van der Waals surface area contributed by atoms with E-state index in [1.165, 1.54) is 20.3 Å². The van der Waals surface area contributed by atoms with E-state index in [4.69, 9.17) is 21.1 Å². The van der Waals surface area contributed by atoms with Gasteiger partial charge in [-0.2, -0.15) is 0 Å². The number of carbonyl (C=O) groups is 2. The largest absolute Gasteiger partial charge is 0.496 e. The van der Waals surface area contributed by atoms with Crippen LogP contribution in [0.2, 0.25) is 5.02 Å². The molecule has 0 radical (unpaired) electrons. The Hall–Kier alpha value is -2.79. The zero-order valence-corrected chi connectivity index (χ0v) is 14.6. The summed E-state index contributed by atoms with van der Waals surface area (Å²) < 4.78 is 15.0. The number of halogens is 1. The van der Waals surface area contributed by atoms with Gasteiger partial charge in [0.05, 0.1) is 19.8 Å². The quantitative estimate of drug-likeness (QED) is 0.577. The van der Waals surface area contributed by atoms with Gasteiger partial charge in [-0.1, -0.05) is 23.7 Å². The van der Waals surface area contributed by atoms with Gasteiger partial charge in [-0.05, 0) is 42.0 Å². The number of carbonyl (C=O) groups excluding carboxylic acids is 2. The monoisotopic (exact) mass is 360 g/mol. The van der Waals surface area contributed by atoms with Crippen molar-refractivity contribution in [2.75, 3.05) is 14.2 Å². The fourth-order valence-electron chi connectivity index (χ4n) is 2.07. The lowest BCUT2D eigenvalue weighted by atomic mass is 10.1. The summed E-state index contributed by atoms with van der Waals surface area (Å²) in [4.78, 5) is 23.2. The Balaban J connectivity index is 1.95. The van der Waals surface area contributed by atoms with E-state index in [1.54, 1.807) is 48.5 Å². The zero-order valence-electron chi connectivity index (χ0n) is 13.8. The van der Waals surface area contributed by atoms with Gasteiger partial charge in [0.1, 0.15) is 12.4 Å². The molecular weight excluding hydrogens is 344 g/mol. The molecular formula is C19H17ClO5. The number of hydrogen-bond donors (Lipinski definition) is 0. The Morgan fingerprint density at radius 1 is 1.08 bits per heavy atom. The van der Waals surface area contributed by atoms with Crippen molar-refractivity contribution in [3.63, 3.8) is 0 Å². The van der Waals surface area contributed by atoms with Gasteiger partial charge in [0, 0.05) is 16.7 Å². The highest BCUT2D eigenvalue weighted by Crippen LogP contribution is 2.23.